The Morgan fingerprint density at radius 3 is 1.47 bits per heavy atom. The van der Waals surface area contributed by atoms with Crippen LogP contribution in [0.2, 0.25) is 0 Å². The van der Waals surface area contributed by atoms with Gasteiger partial charge in [-0.1, -0.05) is 26.7 Å². The molecule has 0 unspecified atom stereocenters. The molecule has 17 heavy (non-hydrogen) atoms. The minimum absolute atomic E-state index is 0.469. The average molecular weight is 250 g/mol. The van der Waals surface area contributed by atoms with Gasteiger partial charge in [0.1, 0.15) is 36.1 Å². The third kappa shape index (κ3) is 2.09. The standard InChI is InChI=1S/C11H22O6/c1-3-5(4-2)11(17)9(15)7(13)6(12)8(14)10(11)16/h5-10,12-17H,3-4H2,1-2H3/t6-,7-,8+,9-,10-,11+/m1/s1. The van der Waals surface area contributed by atoms with Crippen LogP contribution in [0.1, 0.15) is 26.7 Å². The largest absolute Gasteiger partial charge is 0.387 e. The van der Waals surface area contributed by atoms with Gasteiger partial charge in [0.15, 0.2) is 0 Å². The van der Waals surface area contributed by atoms with E-state index in [9.17, 15) is 30.6 Å². The van der Waals surface area contributed by atoms with Gasteiger partial charge in [-0.05, 0) is 5.92 Å². The maximum absolute atomic E-state index is 10.4. The fourth-order valence-corrected chi connectivity index (χ4v) is 2.72. The van der Waals surface area contributed by atoms with E-state index in [0.29, 0.717) is 12.8 Å². The molecular weight excluding hydrogens is 228 g/mol. The van der Waals surface area contributed by atoms with E-state index in [-0.39, 0.29) is 0 Å². The van der Waals surface area contributed by atoms with Crippen molar-refractivity contribution in [1.29, 1.82) is 0 Å². The third-order valence-corrected chi connectivity index (χ3v) is 3.93. The average Bonchev–Trinajstić information content (AvgIpc) is 2.33. The van der Waals surface area contributed by atoms with E-state index in [2.05, 4.69) is 0 Å². The van der Waals surface area contributed by atoms with E-state index in [1.165, 1.54) is 0 Å². The molecule has 0 aliphatic heterocycles. The van der Waals surface area contributed by atoms with Crippen molar-refractivity contribution in [3.05, 3.63) is 0 Å². The summed E-state index contributed by atoms with van der Waals surface area (Å²) in [6.45, 7) is 3.55. The Morgan fingerprint density at radius 1 is 0.824 bits per heavy atom. The summed E-state index contributed by atoms with van der Waals surface area (Å²) in [7, 11) is 0. The number of hydrogen-bond donors (Lipinski definition) is 6. The van der Waals surface area contributed by atoms with Crippen LogP contribution < -0.4 is 0 Å². The van der Waals surface area contributed by atoms with Crippen LogP contribution in [0.5, 0.6) is 0 Å². The van der Waals surface area contributed by atoms with Crippen molar-refractivity contribution >= 4 is 0 Å². The van der Waals surface area contributed by atoms with E-state index >= 15 is 0 Å². The number of aliphatic hydroxyl groups excluding tert-OH is 5. The van der Waals surface area contributed by atoms with Crippen LogP contribution in [-0.4, -0.2) is 66.8 Å². The molecule has 0 amide bonds. The second-order valence-corrected chi connectivity index (χ2v) is 4.76. The normalized spacial score (nSPS) is 47.5. The molecule has 0 bridgehead atoms. The summed E-state index contributed by atoms with van der Waals surface area (Å²) in [4.78, 5) is 0. The molecule has 0 aromatic heterocycles. The summed E-state index contributed by atoms with van der Waals surface area (Å²) in [5.74, 6) is -0.482. The molecule has 6 nitrogen and oxygen atoms in total. The minimum atomic E-state index is -2.01. The van der Waals surface area contributed by atoms with Crippen molar-refractivity contribution in [1.82, 2.24) is 0 Å². The fourth-order valence-electron chi connectivity index (χ4n) is 2.72. The molecule has 1 aliphatic rings. The zero-order chi connectivity index (χ0) is 13.4. The summed E-state index contributed by atoms with van der Waals surface area (Å²) in [5, 5.41) is 58.7. The highest BCUT2D eigenvalue weighted by atomic mass is 16.4. The first-order chi connectivity index (χ1) is 7.82. The second-order valence-electron chi connectivity index (χ2n) is 4.76. The van der Waals surface area contributed by atoms with Gasteiger partial charge in [0.05, 0.1) is 0 Å². The lowest BCUT2D eigenvalue weighted by molar-refractivity contribution is -0.284. The van der Waals surface area contributed by atoms with Crippen molar-refractivity contribution in [3.63, 3.8) is 0 Å². The molecule has 0 radical (unpaired) electrons. The Morgan fingerprint density at radius 2 is 1.18 bits per heavy atom. The van der Waals surface area contributed by atoms with Gasteiger partial charge in [0.2, 0.25) is 0 Å². The zero-order valence-electron chi connectivity index (χ0n) is 10.1. The van der Waals surface area contributed by atoms with Gasteiger partial charge in [-0.25, -0.2) is 0 Å². The lowest BCUT2D eigenvalue weighted by Crippen LogP contribution is -2.73. The molecule has 6 heteroatoms. The van der Waals surface area contributed by atoms with Crippen molar-refractivity contribution in [2.75, 3.05) is 0 Å². The summed E-state index contributed by atoms with van der Waals surface area (Å²) in [6.07, 6.45) is -7.48. The molecule has 0 aromatic carbocycles. The van der Waals surface area contributed by atoms with Crippen LogP contribution in [0.25, 0.3) is 0 Å². The van der Waals surface area contributed by atoms with Crippen LogP contribution in [0.4, 0.5) is 0 Å². The lowest BCUT2D eigenvalue weighted by Gasteiger charge is -2.51. The van der Waals surface area contributed by atoms with Crippen LogP contribution in [-0.2, 0) is 0 Å². The number of hydrogen-bond acceptors (Lipinski definition) is 6. The highest BCUT2D eigenvalue weighted by molar-refractivity contribution is 5.10. The minimum Gasteiger partial charge on any atom is -0.387 e. The molecule has 6 atom stereocenters. The number of rotatable bonds is 3. The van der Waals surface area contributed by atoms with E-state index in [1.807, 2.05) is 0 Å². The fraction of sp³-hybridized carbons (Fsp3) is 1.00. The third-order valence-electron chi connectivity index (χ3n) is 3.93. The van der Waals surface area contributed by atoms with Crippen molar-refractivity contribution in [2.45, 2.75) is 62.8 Å². The topological polar surface area (TPSA) is 121 Å². The maximum atomic E-state index is 10.4. The van der Waals surface area contributed by atoms with E-state index in [4.69, 9.17) is 0 Å². The first-order valence-corrected chi connectivity index (χ1v) is 5.94. The van der Waals surface area contributed by atoms with Crippen LogP contribution in [0, 0.1) is 5.92 Å². The molecule has 6 N–H and O–H groups in total. The van der Waals surface area contributed by atoms with Gasteiger partial charge >= 0.3 is 0 Å². The first kappa shape index (κ1) is 14.8. The zero-order valence-corrected chi connectivity index (χ0v) is 10.1. The molecule has 0 saturated heterocycles. The quantitative estimate of drug-likeness (QED) is 0.343. The van der Waals surface area contributed by atoms with Gasteiger partial charge in [0, 0.05) is 0 Å². The summed E-state index contributed by atoms with van der Waals surface area (Å²) in [5.41, 5.74) is -2.01. The van der Waals surface area contributed by atoms with Gasteiger partial charge in [-0.3, -0.25) is 0 Å². The SMILES string of the molecule is CCC(CC)[C@]1(O)[C@H](O)[C@H](O)[C@@H](O)[C@H](O)[C@H]1O. The van der Waals surface area contributed by atoms with Crippen molar-refractivity contribution < 1.29 is 30.6 Å². The first-order valence-electron chi connectivity index (χ1n) is 5.94. The molecule has 0 aromatic rings. The highest BCUT2D eigenvalue weighted by Gasteiger charge is 2.59. The monoisotopic (exact) mass is 250 g/mol. The molecule has 0 spiro atoms. The Labute approximate surface area is 100 Å². The molecule has 1 aliphatic carbocycles. The smallest absolute Gasteiger partial charge is 0.124 e. The molecule has 1 saturated carbocycles. The number of aliphatic hydroxyl groups is 6. The Bertz CT molecular complexity index is 238. The molecular formula is C11H22O6. The van der Waals surface area contributed by atoms with Crippen LogP contribution in [0.15, 0.2) is 0 Å². The summed E-state index contributed by atoms with van der Waals surface area (Å²) < 4.78 is 0. The maximum Gasteiger partial charge on any atom is 0.124 e. The van der Waals surface area contributed by atoms with Gasteiger partial charge in [0.25, 0.3) is 0 Å². The van der Waals surface area contributed by atoms with E-state index in [0.717, 1.165) is 0 Å². The van der Waals surface area contributed by atoms with Gasteiger partial charge in [-0.2, -0.15) is 0 Å². The Hall–Kier alpha value is -0.240. The van der Waals surface area contributed by atoms with E-state index < -0.39 is 42.0 Å². The molecule has 102 valence electrons. The van der Waals surface area contributed by atoms with Crippen LogP contribution in [0.3, 0.4) is 0 Å². The Balaban J connectivity index is 3.10. The van der Waals surface area contributed by atoms with Crippen LogP contribution >= 0.6 is 0 Å². The second kappa shape index (κ2) is 5.17. The highest BCUT2D eigenvalue weighted by Crippen LogP contribution is 2.38. The summed E-state index contributed by atoms with van der Waals surface area (Å²) in [6, 6.07) is 0. The van der Waals surface area contributed by atoms with Crippen molar-refractivity contribution in [3.8, 4) is 0 Å². The Kier molecular flexibility index (Phi) is 4.51. The predicted molar refractivity (Wildman–Crippen MR) is 59.1 cm³/mol. The van der Waals surface area contributed by atoms with Gasteiger partial charge < -0.3 is 30.6 Å². The van der Waals surface area contributed by atoms with E-state index in [1.54, 1.807) is 13.8 Å². The molecule has 1 rings (SSSR count). The lowest BCUT2D eigenvalue weighted by atomic mass is 9.67. The molecule has 1 fully saturated rings. The summed E-state index contributed by atoms with van der Waals surface area (Å²) >= 11 is 0. The predicted octanol–water partition coefficient (Wildman–Crippen LogP) is -2.03. The van der Waals surface area contributed by atoms with Gasteiger partial charge in [-0.15, -0.1) is 0 Å². The van der Waals surface area contributed by atoms with Crippen molar-refractivity contribution in [2.24, 2.45) is 5.92 Å². The molecule has 0 heterocycles.